The number of nitro groups is 1. The van der Waals surface area contributed by atoms with Crippen LogP contribution < -0.4 is 15.5 Å². The second-order valence-corrected chi connectivity index (χ2v) is 7.86. The Hall–Kier alpha value is -4.79. The van der Waals surface area contributed by atoms with Crippen LogP contribution in [0.3, 0.4) is 0 Å². The Morgan fingerprint density at radius 1 is 0.857 bits per heavy atom. The van der Waals surface area contributed by atoms with E-state index in [0.717, 1.165) is 11.1 Å². The van der Waals surface area contributed by atoms with Gasteiger partial charge in [-0.3, -0.25) is 14.9 Å². The van der Waals surface area contributed by atoms with Crippen LogP contribution in [0.25, 0.3) is 0 Å². The molecule has 1 aromatic heterocycles. The highest BCUT2D eigenvalue weighted by atomic mass is 16.6. The second kappa shape index (κ2) is 10.9. The standard InChI is InChI=1S/C26H24N6O3/c1-19(33)29-22-12-14-23(15-13-22)30-25-24(32(34)35)26(28-18-27-25)31(16-20-8-4-2-5-9-20)17-21-10-6-3-7-11-21/h2-15,18H,16-17H2,1H3,(H,29,33)(H,27,28,30). The maximum absolute atomic E-state index is 12.2. The molecule has 0 fully saturated rings. The lowest BCUT2D eigenvalue weighted by atomic mass is 10.1. The molecule has 1 amide bonds. The smallest absolute Gasteiger partial charge is 0.342 e. The van der Waals surface area contributed by atoms with Crippen LogP contribution in [0.15, 0.2) is 91.3 Å². The first-order valence-corrected chi connectivity index (χ1v) is 11.0. The van der Waals surface area contributed by atoms with Gasteiger partial charge in [-0.15, -0.1) is 0 Å². The number of nitrogens with one attached hydrogen (secondary N) is 2. The minimum atomic E-state index is -0.466. The summed E-state index contributed by atoms with van der Waals surface area (Å²) in [6, 6.07) is 26.3. The zero-order valence-electron chi connectivity index (χ0n) is 19.1. The highest BCUT2D eigenvalue weighted by Gasteiger charge is 2.27. The van der Waals surface area contributed by atoms with Gasteiger partial charge in [0.05, 0.1) is 4.92 Å². The van der Waals surface area contributed by atoms with Crippen molar-refractivity contribution in [3.05, 3.63) is 112 Å². The van der Waals surface area contributed by atoms with E-state index in [-0.39, 0.29) is 23.2 Å². The molecule has 0 radical (unpaired) electrons. The van der Waals surface area contributed by atoms with Gasteiger partial charge in [0, 0.05) is 31.4 Å². The average Bonchev–Trinajstić information content (AvgIpc) is 2.85. The predicted octanol–water partition coefficient (Wildman–Crippen LogP) is 5.29. The van der Waals surface area contributed by atoms with E-state index in [1.54, 1.807) is 24.3 Å². The molecule has 4 rings (SSSR count). The summed E-state index contributed by atoms with van der Waals surface area (Å²) in [7, 11) is 0. The first kappa shape index (κ1) is 23.4. The zero-order chi connectivity index (χ0) is 24.6. The van der Waals surface area contributed by atoms with Crippen LogP contribution in [-0.2, 0) is 17.9 Å². The van der Waals surface area contributed by atoms with E-state index in [1.165, 1.54) is 13.3 Å². The van der Waals surface area contributed by atoms with E-state index in [4.69, 9.17) is 0 Å². The summed E-state index contributed by atoms with van der Waals surface area (Å²) < 4.78 is 0. The van der Waals surface area contributed by atoms with Crippen LogP contribution in [-0.4, -0.2) is 20.8 Å². The molecular weight excluding hydrogens is 444 g/mol. The number of hydrogen-bond acceptors (Lipinski definition) is 7. The molecular formula is C26H24N6O3. The number of nitrogens with zero attached hydrogens (tertiary/aromatic N) is 4. The maximum atomic E-state index is 12.2. The van der Waals surface area contributed by atoms with Crippen molar-refractivity contribution >= 4 is 34.6 Å². The van der Waals surface area contributed by atoms with Gasteiger partial charge >= 0.3 is 5.69 Å². The average molecular weight is 469 g/mol. The molecule has 0 aliphatic rings. The van der Waals surface area contributed by atoms with Crippen molar-refractivity contribution < 1.29 is 9.72 Å². The van der Waals surface area contributed by atoms with Crippen LogP contribution in [0.2, 0.25) is 0 Å². The summed E-state index contributed by atoms with van der Waals surface area (Å²) >= 11 is 0. The third-order valence-electron chi connectivity index (χ3n) is 5.19. The molecule has 4 aromatic rings. The number of carbonyl (C=O) groups excluding carboxylic acids is 1. The van der Waals surface area contributed by atoms with Crippen LogP contribution in [0.4, 0.5) is 28.7 Å². The third-order valence-corrected chi connectivity index (χ3v) is 5.19. The fourth-order valence-electron chi connectivity index (χ4n) is 3.65. The minimum absolute atomic E-state index is 0.0819. The van der Waals surface area contributed by atoms with Gasteiger partial charge in [-0.25, -0.2) is 9.97 Å². The third kappa shape index (κ3) is 6.17. The fourth-order valence-corrected chi connectivity index (χ4v) is 3.65. The van der Waals surface area contributed by atoms with E-state index < -0.39 is 4.92 Å². The molecule has 0 bridgehead atoms. The Labute approximate surface area is 202 Å². The van der Waals surface area contributed by atoms with Crippen molar-refractivity contribution in [1.82, 2.24) is 9.97 Å². The largest absolute Gasteiger partial charge is 0.353 e. The van der Waals surface area contributed by atoms with E-state index in [1.807, 2.05) is 65.6 Å². The zero-order valence-corrected chi connectivity index (χ0v) is 19.1. The highest BCUT2D eigenvalue weighted by Crippen LogP contribution is 2.35. The Balaban J connectivity index is 1.69. The van der Waals surface area contributed by atoms with E-state index in [0.29, 0.717) is 24.5 Å². The van der Waals surface area contributed by atoms with Crippen molar-refractivity contribution in [2.45, 2.75) is 20.0 Å². The fraction of sp³-hybridized carbons (Fsp3) is 0.115. The normalized spacial score (nSPS) is 10.4. The second-order valence-electron chi connectivity index (χ2n) is 7.86. The predicted molar refractivity (Wildman–Crippen MR) is 135 cm³/mol. The van der Waals surface area contributed by atoms with Gasteiger partial charge < -0.3 is 15.5 Å². The van der Waals surface area contributed by atoms with Crippen molar-refractivity contribution in [3.8, 4) is 0 Å². The summed E-state index contributed by atoms with van der Waals surface area (Å²) in [5, 5.41) is 17.9. The number of benzene rings is 3. The lowest BCUT2D eigenvalue weighted by Crippen LogP contribution is -2.24. The highest BCUT2D eigenvalue weighted by molar-refractivity contribution is 5.89. The Morgan fingerprint density at radius 2 is 1.40 bits per heavy atom. The lowest BCUT2D eigenvalue weighted by molar-refractivity contribution is -0.383. The molecule has 9 nitrogen and oxygen atoms in total. The van der Waals surface area contributed by atoms with E-state index in [2.05, 4.69) is 20.6 Å². The van der Waals surface area contributed by atoms with Gasteiger partial charge in [0.1, 0.15) is 6.33 Å². The number of amides is 1. The molecule has 3 aromatic carbocycles. The van der Waals surface area contributed by atoms with Crippen molar-refractivity contribution in [1.29, 1.82) is 0 Å². The molecule has 0 aliphatic heterocycles. The number of hydrogen-bond donors (Lipinski definition) is 2. The monoisotopic (exact) mass is 468 g/mol. The van der Waals surface area contributed by atoms with Crippen LogP contribution >= 0.6 is 0 Å². The maximum Gasteiger partial charge on any atom is 0.353 e. The van der Waals surface area contributed by atoms with Gasteiger partial charge in [0.15, 0.2) is 0 Å². The number of rotatable bonds is 9. The molecule has 0 saturated heterocycles. The Morgan fingerprint density at radius 3 is 1.91 bits per heavy atom. The van der Waals surface area contributed by atoms with Crippen LogP contribution in [0, 0.1) is 10.1 Å². The molecule has 0 spiro atoms. The van der Waals surface area contributed by atoms with Crippen molar-refractivity contribution in [3.63, 3.8) is 0 Å². The first-order chi connectivity index (χ1) is 17.0. The topological polar surface area (TPSA) is 113 Å². The van der Waals surface area contributed by atoms with Gasteiger partial charge in [-0.2, -0.15) is 0 Å². The summed E-state index contributed by atoms with van der Waals surface area (Å²) in [5.41, 5.74) is 2.99. The van der Waals surface area contributed by atoms with Crippen molar-refractivity contribution in [2.75, 3.05) is 15.5 Å². The first-order valence-electron chi connectivity index (χ1n) is 11.0. The van der Waals surface area contributed by atoms with Gasteiger partial charge in [-0.1, -0.05) is 60.7 Å². The lowest BCUT2D eigenvalue weighted by Gasteiger charge is -2.24. The van der Waals surface area contributed by atoms with Gasteiger partial charge in [0.25, 0.3) is 0 Å². The Bertz CT molecular complexity index is 1260. The van der Waals surface area contributed by atoms with Crippen molar-refractivity contribution in [2.24, 2.45) is 0 Å². The summed E-state index contributed by atoms with van der Waals surface area (Å²) in [6.07, 6.45) is 1.32. The van der Waals surface area contributed by atoms with E-state index in [9.17, 15) is 14.9 Å². The molecule has 0 saturated carbocycles. The van der Waals surface area contributed by atoms with Crippen LogP contribution in [0.1, 0.15) is 18.1 Å². The number of anilines is 4. The molecule has 9 heteroatoms. The SMILES string of the molecule is CC(=O)Nc1ccc(Nc2ncnc(N(Cc3ccccc3)Cc3ccccc3)c2[N+](=O)[O-])cc1. The Kier molecular flexibility index (Phi) is 7.27. The van der Waals surface area contributed by atoms with Gasteiger partial charge in [0.2, 0.25) is 17.5 Å². The molecule has 0 aliphatic carbocycles. The molecule has 0 atom stereocenters. The summed E-state index contributed by atoms with van der Waals surface area (Å²) in [4.78, 5) is 33.4. The molecule has 2 N–H and O–H groups in total. The number of aromatic nitrogens is 2. The molecule has 176 valence electrons. The van der Waals surface area contributed by atoms with Crippen LogP contribution in [0.5, 0.6) is 0 Å². The van der Waals surface area contributed by atoms with E-state index >= 15 is 0 Å². The molecule has 35 heavy (non-hydrogen) atoms. The summed E-state index contributed by atoms with van der Waals surface area (Å²) in [6.45, 7) is 2.28. The quantitative estimate of drug-likeness (QED) is 0.253. The van der Waals surface area contributed by atoms with Gasteiger partial charge in [-0.05, 0) is 35.4 Å². The molecule has 1 heterocycles. The molecule has 0 unspecified atom stereocenters. The minimum Gasteiger partial charge on any atom is -0.342 e. The summed E-state index contributed by atoms with van der Waals surface area (Å²) in [5.74, 6) is 0.118. The number of carbonyl (C=O) groups is 1.